The lowest BCUT2D eigenvalue weighted by Crippen LogP contribution is -2.22. The van der Waals surface area contributed by atoms with Crippen LogP contribution in [0.4, 0.5) is 0 Å². The fraction of sp³-hybridized carbons (Fsp3) is 0.889. The first-order valence-corrected chi connectivity index (χ1v) is 7.01. The van der Waals surface area contributed by atoms with E-state index in [0.717, 1.165) is 0 Å². The minimum absolute atomic E-state index is 0.122. The van der Waals surface area contributed by atoms with Crippen LogP contribution in [0.15, 0.2) is 0 Å². The second-order valence-corrected chi connectivity index (χ2v) is 5.38. The molecule has 0 unspecified atom stereocenters. The topological polar surface area (TPSA) is 76.1 Å². The Morgan fingerprint density at radius 2 is 1.81 bits per heavy atom. The van der Waals surface area contributed by atoms with Crippen LogP contribution >= 0.6 is 7.60 Å². The molecule has 0 aromatic carbocycles. The average molecular weight is 253 g/mol. The minimum Gasteiger partial charge on any atom is -0.309 e. The van der Waals surface area contributed by atoms with Crippen LogP contribution in [0.5, 0.6) is 0 Å². The number of hydrogen-bond acceptors (Lipinski definition) is 5. The van der Waals surface area contributed by atoms with E-state index in [-0.39, 0.29) is 12.6 Å². The van der Waals surface area contributed by atoms with Crippen LogP contribution in [-0.4, -0.2) is 42.6 Å². The van der Waals surface area contributed by atoms with Gasteiger partial charge in [-0.15, -0.1) is 0 Å². The minimum atomic E-state index is -3.06. The molecule has 0 aliphatic heterocycles. The van der Waals surface area contributed by atoms with Gasteiger partial charge in [-0.1, -0.05) is 0 Å². The Kier molecular flexibility index (Phi) is 7.58. The molecule has 0 fully saturated rings. The Balaban J connectivity index is 4.03. The highest BCUT2D eigenvalue weighted by Gasteiger charge is 2.23. The van der Waals surface area contributed by atoms with Crippen molar-refractivity contribution in [3.8, 4) is 0 Å². The van der Waals surface area contributed by atoms with Crippen molar-refractivity contribution in [2.75, 3.05) is 26.4 Å². The number of nitrogens with zero attached hydrogens (tertiary/aromatic N) is 1. The molecule has 0 aromatic heterocycles. The molecule has 7 heteroatoms. The molecule has 0 saturated carbocycles. The van der Waals surface area contributed by atoms with Gasteiger partial charge in [0.2, 0.25) is 5.91 Å². The molecule has 0 aromatic rings. The van der Waals surface area contributed by atoms with E-state index in [1.165, 1.54) is 7.05 Å². The quantitative estimate of drug-likeness (QED) is 0.406. The number of hydrogen-bond donors (Lipinski definition) is 1. The van der Waals surface area contributed by atoms with E-state index >= 15 is 0 Å². The average Bonchev–Trinajstić information content (AvgIpc) is 2.17. The summed E-state index contributed by atoms with van der Waals surface area (Å²) >= 11 is 0. The fourth-order valence-electron chi connectivity index (χ4n) is 1.15. The largest absolute Gasteiger partial charge is 0.330 e. The van der Waals surface area contributed by atoms with Crippen molar-refractivity contribution in [2.45, 2.75) is 26.7 Å². The Bertz CT molecular complexity index is 246. The van der Waals surface area contributed by atoms with Gasteiger partial charge in [-0.25, -0.2) is 5.06 Å². The smallest absolute Gasteiger partial charge is 0.309 e. The molecular weight excluding hydrogens is 233 g/mol. The third-order valence-electron chi connectivity index (χ3n) is 1.84. The predicted octanol–water partition coefficient (Wildman–Crippen LogP) is 1.88. The Hall–Kier alpha value is -0.420. The molecule has 16 heavy (non-hydrogen) atoms. The molecule has 0 saturated heterocycles. The molecular formula is C9H20NO5P. The monoisotopic (exact) mass is 253 g/mol. The van der Waals surface area contributed by atoms with E-state index < -0.39 is 13.5 Å². The highest BCUT2D eigenvalue weighted by atomic mass is 31.2. The maximum Gasteiger partial charge on any atom is 0.330 e. The summed E-state index contributed by atoms with van der Waals surface area (Å²) in [6.07, 6.45) is 0.673. The van der Waals surface area contributed by atoms with Gasteiger partial charge < -0.3 is 9.05 Å². The Labute approximate surface area is 96.0 Å². The second-order valence-electron chi connectivity index (χ2n) is 3.19. The lowest BCUT2D eigenvalue weighted by Gasteiger charge is -2.16. The van der Waals surface area contributed by atoms with Crippen molar-refractivity contribution in [3.05, 3.63) is 0 Å². The molecule has 0 heterocycles. The molecule has 0 bridgehead atoms. The van der Waals surface area contributed by atoms with E-state index in [1.807, 2.05) is 0 Å². The lowest BCUT2D eigenvalue weighted by atomic mass is 10.3. The molecule has 96 valence electrons. The van der Waals surface area contributed by atoms with Gasteiger partial charge in [0.15, 0.2) is 0 Å². The van der Waals surface area contributed by atoms with Crippen LogP contribution in [0.25, 0.3) is 0 Å². The standard InChI is InChI=1S/C9H20NO5P/c1-4-14-16(13,15-5-2)8-6-7-9(11)10(3)12/h12H,4-8H2,1-3H3. The highest BCUT2D eigenvalue weighted by molar-refractivity contribution is 7.53. The van der Waals surface area contributed by atoms with E-state index in [2.05, 4.69) is 0 Å². The molecule has 0 aliphatic carbocycles. The number of carbonyl (C=O) groups is 1. The fourth-order valence-corrected chi connectivity index (χ4v) is 2.81. The third kappa shape index (κ3) is 6.23. The SMILES string of the molecule is CCOP(=O)(CCCC(=O)N(C)O)OCC. The summed E-state index contributed by atoms with van der Waals surface area (Å²) in [4.78, 5) is 11.0. The van der Waals surface area contributed by atoms with Crippen molar-refractivity contribution in [3.63, 3.8) is 0 Å². The van der Waals surface area contributed by atoms with E-state index in [1.54, 1.807) is 13.8 Å². The summed E-state index contributed by atoms with van der Waals surface area (Å²) in [6.45, 7) is 4.09. The number of rotatable bonds is 8. The lowest BCUT2D eigenvalue weighted by molar-refractivity contribution is -0.159. The second kappa shape index (κ2) is 7.79. The van der Waals surface area contributed by atoms with Gasteiger partial charge in [-0.05, 0) is 20.3 Å². The highest BCUT2D eigenvalue weighted by Crippen LogP contribution is 2.48. The van der Waals surface area contributed by atoms with Crippen LogP contribution < -0.4 is 0 Å². The van der Waals surface area contributed by atoms with Crippen LogP contribution in [0.1, 0.15) is 26.7 Å². The first-order valence-electron chi connectivity index (χ1n) is 5.28. The van der Waals surface area contributed by atoms with Gasteiger partial charge in [-0.2, -0.15) is 0 Å². The summed E-state index contributed by atoms with van der Waals surface area (Å²) in [5.74, 6) is -0.417. The van der Waals surface area contributed by atoms with E-state index in [0.29, 0.717) is 24.7 Å². The van der Waals surface area contributed by atoms with Gasteiger partial charge in [0, 0.05) is 13.5 Å². The number of carbonyl (C=O) groups excluding carboxylic acids is 1. The third-order valence-corrected chi connectivity index (χ3v) is 4.00. The maximum absolute atomic E-state index is 11.9. The van der Waals surface area contributed by atoms with E-state index in [9.17, 15) is 9.36 Å². The zero-order chi connectivity index (χ0) is 12.6. The first kappa shape index (κ1) is 15.6. The molecule has 6 nitrogen and oxygen atoms in total. The molecule has 0 aliphatic rings. The van der Waals surface area contributed by atoms with Gasteiger partial charge in [0.05, 0.1) is 19.4 Å². The molecule has 1 amide bonds. The number of hydroxylamine groups is 2. The summed E-state index contributed by atoms with van der Waals surface area (Å²) in [6, 6.07) is 0. The summed E-state index contributed by atoms with van der Waals surface area (Å²) in [5.41, 5.74) is 0. The van der Waals surface area contributed by atoms with Gasteiger partial charge in [0.1, 0.15) is 0 Å². The molecule has 1 N–H and O–H groups in total. The van der Waals surface area contributed by atoms with Crippen molar-refractivity contribution in [1.29, 1.82) is 0 Å². The van der Waals surface area contributed by atoms with Crippen LogP contribution in [-0.2, 0) is 18.4 Å². The summed E-state index contributed by atoms with van der Waals surface area (Å²) in [7, 11) is -1.80. The van der Waals surface area contributed by atoms with Gasteiger partial charge in [-0.3, -0.25) is 14.6 Å². The maximum atomic E-state index is 11.9. The van der Waals surface area contributed by atoms with Crippen LogP contribution in [0.3, 0.4) is 0 Å². The molecule has 0 rings (SSSR count). The zero-order valence-corrected chi connectivity index (χ0v) is 10.9. The normalized spacial score (nSPS) is 11.5. The predicted molar refractivity (Wildman–Crippen MR) is 59.5 cm³/mol. The van der Waals surface area contributed by atoms with Gasteiger partial charge in [0.25, 0.3) is 0 Å². The molecule has 0 atom stereocenters. The van der Waals surface area contributed by atoms with Crippen LogP contribution in [0, 0.1) is 0 Å². The summed E-state index contributed by atoms with van der Waals surface area (Å²) < 4.78 is 22.0. The van der Waals surface area contributed by atoms with E-state index in [4.69, 9.17) is 14.3 Å². The van der Waals surface area contributed by atoms with Crippen LogP contribution in [0.2, 0.25) is 0 Å². The molecule has 0 spiro atoms. The van der Waals surface area contributed by atoms with Crippen molar-refractivity contribution < 1.29 is 23.6 Å². The van der Waals surface area contributed by atoms with Crippen molar-refractivity contribution in [1.82, 2.24) is 5.06 Å². The van der Waals surface area contributed by atoms with Crippen molar-refractivity contribution >= 4 is 13.5 Å². The first-order chi connectivity index (χ1) is 7.45. The number of amides is 1. The Morgan fingerprint density at radius 1 is 1.31 bits per heavy atom. The Morgan fingerprint density at radius 3 is 2.19 bits per heavy atom. The zero-order valence-electron chi connectivity index (χ0n) is 10.0. The van der Waals surface area contributed by atoms with Crippen molar-refractivity contribution in [2.24, 2.45) is 0 Å². The summed E-state index contributed by atoms with van der Waals surface area (Å²) in [5, 5.41) is 9.33. The molecule has 0 radical (unpaired) electrons. The van der Waals surface area contributed by atoms with Gasteiger partial charge >= 0.3 is 7.60 Å².